The summed E-state index contributed by atoms with van der Waals surface area (Å²) in [6, 6.07) is 0. The molecule has 0 spiro atoms. The minimum atomic E-state index is -1.83. The van der Waals surface area contributed by atoms with Crippen molar-refractivity contribution in [3.05, 3.63) is 0 Å². The number of ether oxygens (including phenoxy) is 1. The number of hydrogen-bond acceptors (Lipinski definition) is 3. The van der Waals surface area contributed by atoms with Gasteiger partial charge in [-0.1, -0.05) is 20.8 Å². The maximum atomic E-state index is 10.5. The summed E-state index contributed by atoms with van der Waals surface area (Å²) in [5.74, 6) is 0.337. The van der Waals surface area contributed by atoms with Gasteiger partial charge in [0.15, 0.2) is 0 Å². The van der Waals surface area contributed by atoms with E-state index in [2.05, 4.69) is 0 Å². The molecule has 13 heavy (non-hydrogen) atoms. The molecule has 0 aromatic heterocycles. The van der Waals surface area contributed by atoms with E-state index in [-0.39, 0.29) is 5.97 Å². The first-order valence-corrected chi connectivity index (χ1v) is 3.97. The second-order valence-electron chi connectivity index (χ2n) is 2.71. The van der Waals surface area contributed by atoms with E-state index in [1.807, 2.05) is 13.8 Å². The van der Waals surface area contributed by atoms with Crippen LogP contribution < -0.4 is 0 Å². The fourth-order valence-electron chi connectivity index (χ4n) is 0.362. The second kappa shape index (κ2) is 8.83. The molecule has 2 N–H and O–H groups in total. The predicted molar refractivity (Wildman–Crippen MR) is 46.7 cm³/mol. The minimum absolute atomic E-state index is 0.108. The van der Waals surface area contributed by atoms with Gasteiger partial charge in [0.2, 0.25) is 0 Å². The molecule has 0 aliphatic carbocycles. The van der Waals surface area contributed by atoms with Crippen molar-refractivity contribution in [2.24, 2.45) is 5.92 Å². The Morgan fingerprint density at radius 1 is 1.31 bits per heavy atom. The summed E-state index contributed by atoms with van der Waals surface area (Å²) in [7, 11) is 0. The van der Waals surface area contributed by atoms with Crippen LogP contribution in [0.15, 0.2) is 0 Å². The Balaban J connectivity index is 0. The van der Waals surface area contributed by atoms with E-state index in [1.165, 1.54) is 0 Å². The Labute approximate surface area is 77.3 Å². The van der Waals surface area contributed by atoms with Gasteiger partial charge in [-0.3, -0.25) is 4.79 Å². The molecule has 0 heterocycles. The zero-order valence-electron chi connectivity index (χ0n) is 8.11. The van der Waals surface area contributed by atoms with E-state index in [1.54, 1.807) is 6.92 Å². The molecular formula is C8H16O5. The van der Waals surface area contributed by atoms with Crippen LogP contribution in [-0.4, -0.2) is 28.9 Å². The molecule has 5 heteroatoms. The molecule has 0 bridgehead atoms. The van der Waals surface area contributed by atoms with Gasteiger partial charge in [0.25, 0.3) is 0 Å². The first-order valence-electron chi connectivity index (χ1n) is 3.97. The van der Waals surface area contributed by atoms with Crippen molar-refractivity contribution in [1.29, 1.82) is 0 Å². The average Bonchev–Trinajstić information content (AvgIpc) is 1.99. The average molecular weight is 192 g/mol. The Morgan fingerprint density at radius 3 is 1.92 bits per heavy atom. The van der Waals surface area contributed by atoms with Crippen molar-refractivity contribution in [2.75, 3.05) is 6.61 Å². The van der Waals surface area contributed by atoms with E-state index in [0.29, 0.717) is 18.9 Å². The maximum absolute atomic E-state index is 10.5. The van der Waals surface area contributed by atoms with Crippen LogP contribution in [0, 0.1) is 5.92 Å². The molecule has 0 rings (SSSR count). The highest BCUT2D eigenvalue weighted by molar-refractivity contribution is 5.68. The standard InChI is InChI=1S/C7H14O2.CH2O3/c1-4-7(8)9-5-6(2)3;2-1(3)4/h6H,4-5H2,1-3H3;(H2,2,3,4). The molecule has 0 aromatic carbocycles. The third-order valence-electron chi connectivity index (χ3n) is 0.866. The van der Waals surface area contributed by atoms with Crippen LogP contribution >= 0.6 is 0 Å². The number of carboxylic acid groups (broad SMARTS) is 2. The van der Waals surface area contributed by atoms with Gasteiger partial charge >= 0.3 is 12.1 Å². The number of carbonyl (C=O) groups is 2. The Morgan fingerprint density at radius 2 is 1.69 bits per heavy atom. The van der Waals surface area contributed by atoms with Gasteiger partial charge < -0.3 is 14.9 Å². The third kappa shape index (κ3) is 24.9. The molecule has 0 fully saturated rings. The van der Waals surface area contributed by atoms with Gasteiger partial charge in [-0.2, -0.15) is 0 Å². The first kappa shape index (κ1) is 14.3. The van der Waals surface area contributed by atoms with Crippen LogP contribution in [0.2, 0.25) is 0 Å². The monoisotopic (exact) mass is 192 g/mol. The first-order chi connectivity index (χ1) is 5.90. The Kier molecular flexibility index (Phi) is 9.70. The van der Waals surface area contributed by atoms with Gasteiger partial charge in [-0.15, -0.1) is 0 Å². The molecule has 5 nitrogen and oxygen atoms in total. The van der Waals surface area contributed by atoms with Crippen LogP contribution in [0.3, 0.4) is 0 Å². The van der Waals surface area contributed by atoms with E-state index >= 15 is 0 Å². The van der Waals surface area contributed by atoms with Crippen molar-refractivity contribution < 1.29 is 24.5 Å². The highest BCUT2D eigenvalue weighted by Gasteiger charge is 1.98. The van der Waals surface area contributed by atoms with Gasteiger partial charge in [-0.25, -0.2) is 4.79 Å². The van der Waals surface area contributed by atoms with Crippen molar-refractivity contribution in [3.63, 3.8) is 0 Å². The van der Waals surface area contributed by atoms with Gasteiger partial charge in [-0.05, 0) is 5.92 Å². The number of rotatable bonds is 3. The van der Waals surface area contributed by atoms with Crippen molar-refractivity contribution in [2.45, 2.75) is 27.2 Å². The maximum Gasteiger partial charge on any atom is 0.503 e. The largest absolute Gasteiger partial charge is 0.503 e. The van der Waals surface area contributed by atoms with E-state index in [0.717, 1.165) is 0 Å². The molecular weight excluding hydrogens is 176 g/mol. The lowest BCUT2D eigenvalue weighted by Crippen LogP contribution is -2.07. The van der Waals surface area contributed by atoms with Crippen LogP contribution in [0.25, 0.3) is 0 Å². The lowest BCUT2D eigenvalue weighted by Gasteiger charge is -2.04. The molecule has 0 aliphatic rings. The molecule has 0 atom stereocenters. The van der Waals surface area contributed by atoms with Crippen molar-refractivity contribution >= 4 is 12.1 Å². The number of hydrogen-bond donors (Lipinski definition) is 2. The van der Waals surface area contributed by atoms with Crippen molar-refractivity contribution in [1.82, 2.24) is 0 Å². The summed E-state index contributed by atoms with van der Waals surface area (Å²) in [4.78, 5) is 19.0. The SMILES string of the molecule is CCC(=O)OCC(C)C.O=C(O)O. The Hall–Kier alpha value is -1.26. The third-order valence-corrected chi connectivity index (χ3v) is 0.866. The van der Waals surface area contributed by atoms with Crippen LogP contribution in [0.4, 0.5) is 4.79 Å². The van der Waals surface area contributed by atoms with E-state index in [4.69, 9.17) is 19.7 Å². The zero-order valence-corrected chi connectivity index (χ0v) is 8.11. The summed E-state index contributed by atoms with van der Waals surface area (Å²) >= 11 is 0. The van der Waals surface area contributed by atoms with Crippen molar-refractivity contribution in [3.8, 4) is 0 Å². The second-order valence-corrected chi connectivity index (χ2v) is 2.71. The molecule has 78 valence electrons. The summed E-state index contributed by atoms with van der Waals surface area (Å²) in [6.45, 7) is 6.38. The van der Waals surface area contributed by atoms with Gasteiger partial charge in [0.1, 0.15) is 0 Å². The lowest BCUT2D eigenvalue weighted by atomic mass is 10.2. The van der Waals surface area contributed by atoms with Crippen LogP contribution in [0.1, 0.15) is 27.2 Å². The minimum Gasteiger partial charge on any atom is -0.465 e. The molecule has 0 saturated carbocycles. The quantitative estimate of drug-likeness (QED) is 0.666. The Bertz CT molecular complexity index is 149. The summed E-state index contributed by atoms with van der Waals surface area (Å²) in [5, 5.41) is 13.9. The lowest BCUT2D eigenvalue weighted by molar-refractivity contribution is -0.144. The topological polar surface area (TPSA) is 83.8 Å². The highest BCUT2D eigenvalue weighted by Crippen LogP contribution is 1.93. The fraction of sp³-hybridized carbons (Fsp3) is 0.750. The molecule has 0 aliphatic heterocycles. The van der Waals surface area contributed by atoms with E-state index < -0.39 is 6.16 Å². The summed E-state index contributed by atoms with van der Waals surface area (Å²) < 4.78 is 4.81. The van der Waals surface area contributed by atoms with E-state index in [9.17, 15) is 4.79 Å². The zero-order chi connectivity index (χ0) is 10.9. The van der Waals surface area contributed by atoms with Gasteiger partial charge in [0, 0.05) is 6.42 Å². The predicted octanol–water partition coefficient (Wildman–Crippen LogP) is 1.82. The fourth-order valence-corrected chi connectivity index (χ4v) is 0.362. The summed E-state index contributed by atoms with van der Waals surface area (Å²) in [5.41, 5.74) is 0. The normalized spacial score (nSPS) is 8.62. The molecule has 0 amide bonds. The van der Waals surface area contributed by atoms with Crippen LogP contribution in [0.5, 0.6) is 0 Å². The highest BCUT2D eigenvalue weighted by atomic mass is 16.6. The molecule has 0 unspecified atom stereocenters. The van der Waals surface area contributed by atoms with Crippen LogP contribution in [-0.2, 0) is 9.53 Å². The number of carbonyl (C=O) groups excluding carboxylic acids is 1. The molecule has 0 aromatic rings. The number of esters is 1. The molecule has 0 radical (unpaired) electrons. The summed E-state index contributed by atoms with van der Waals surface area (Å²) in [6.07, 6.45) is -1.35. The molecule has 0 saturated heterocycles. The van der Waals surface area contributed by atoms with Gasteiger partial charge in [0.05, 0.1) is 6.61 Å². The smallest absolute Gasteiger partial charge is 0.465 e.